The van der Waals surface area contributed by atoms with E-state index in [0.717, 1.165) is 21.3 Å². The van der Waals surface area contributed by atoms with E-state index in [9.17, 15) is 9.59 Å². The molecule has 9 heteroatoms. The number of nitrogens with one attached hydrogen (secondary N) is 2. The number of benzene rings is 2. The van der Waals surface area contributed by atoms with E-state index in [1.165, 1.54) is 0 Å². The summed E-state index contributed by atoms with van der Waals surface area (Å²) in [7, 11) is -2.26. The Bertz CT molecular complexity index is 1110. The molecular weight excluding hydrogens is 600 g/mol. The molecule has 7 nitrogen and oxygen atoms in total. The van der Waals surface area contributed by atoms with Crippen LogP contribution < -0.4 is 19.8 Å². The maximum atomic E-state index is 12.4. The van der Waals surface area contributed by atoms with Crippen LogP contribution in [-0.2, 0) is 22.6 Å². The van der Waals surface area contributed by atoms with Crippen LogP contribution in [0.2, 0.25) is 16.6 Å². The van der Waals surface area contributed by atoms with Gasteiger partial charge < -0.3 is 24.5 Å². The lowest BCUT2D eigenvalue weighted by atomic mass is 10.1. The minimum absolute atomic E-state index is 0.134. The van der Waals surface area contributed by atoms with Crippen molar-refractivity contribution in [2.75, 3.05) is 13.1 Å². The molecule has 0 aliphatic carbocycles. The van der Waals surface area contributed by atoms with Crippen LogP contribution in [0.1, 0.15) is 79.9 Å². The van der Waals surface area contributed by atoms with Gasteiger partial charge in [0.15, 0.2) is 5.75 Å². The Kier molecular flexibility index (Phi) is 13.2. The van der Waals surface area contributed by atoms with Crippen LogP contribution in [0, 0.1) is 0 Å². The van der Waals surface area contributed by atoms with Crippen molar-refractivity contribution in [3.8, 4) is 11.5 Å². The zero-order valence-electron chi connectivity index (χ0n) is 26.2. The van der Waals surface area contributed by atoms with E-state index in [0.29, 0.717) is 41.9 Å². The number of carbonyl (C=O) groups is 2. The van der Waals surface area contributed by atoms with E-state index < -0.39 is 20.0 Å². The van der Waals surface area contributed by atoms with E-state index in [1.807, 2.05) is 36.4 Å². The van der Waals surface area contributed by atoms with Gasteiger partial charge in [0, 0.05) is 19.5 Å². The summed E-state index contributed by atoms with van der Waals surface area (Å²) in [6.45, 7) is 20.1. The first-order chi connectivity index (χ1) is 19.2. The predicted octanol–water partition coefficient (Wildman–Crippen LogP) is 8.16. The first-order valence-corrected chi connectivity index (χ1v) is 17.5. The molecule has 0 saturated carbocycles. The second-order valence-electron chi connectivity index (χ2n) is 12.4. The standard InChI is InChI=1S/C32H49BrN2O5Si/c1-22(2)41(23(3)4,24(5)6)40-28-20-26(19-27(33)30(28)38-21-25-13-11-10-12-14-25)15-17-34-29(36)16-18-35-31(37)39-32(7,8)9/h10-14,19-20,22-24H,15-18,21H2,1-9H3,(H,34,36)(H,35,37). The van der Waals surface area contributed by atoms with Crippen molar-refractivity contribution in [2.24, 2.45) is 0 Å². The van der Waals surface area contributed by atoms with Crippen molar-refractivity contribution < 1.29 is 23.5 Å². The lowest BCUT2D eigenvalue weighted by molar-refractivity contribution is -0.120. The zero-order chi connectivity index (χ0) is 30.8. The first kappa shape index (κ1) is 34.7. The molecule has 0 fully saturated rings. The summed E-state index contributed by atoms with van der Waals surface area (Å²) < 4.78 is 19.5. The molecule has 0 radical (unpaired) electrons. The molecule has 0 heterocycles. The third-order valence-electron chi connectivity index (χ3n) is 7.05. The Balaban J connectivity index is 2.17. The van der Waals surface area contributed by atoms with Crippen LogP contribution in [0.25, 0.3) is 0 Å². The van der Waals surface area contributed by atoms with Crippen molar-refractivity contribution in [3.63, 3.8) is 0 Å². The number of amides is 2. The summed E-state index contributed by atoms with van der Waals surface area (Å²) in [5, 5.41) is 5.56. The molecule has 0 atom stereocenters. The average molecular weight is 650 g/mol. The monoisotopic (exact) mass is 648 g/mol. The van der Waals surface area contributed by atoms with Crippen LogP contribution in [-0.4, -0.2) is 39.0 Å². The van der Waals surface area contributed by atoms with Crippen LogP contribution in [0.4, 0.5) is 4.79 Å². The molecule has 0 saturated heterocycles. The van der Waals surface area contributed by atoms with Crippen LogP contribution in [0.3, 0.4) is 0 Å². The van der Waals surface area contributed by atoms with Crippen molar-refractivity contribution in [2.45, 2.75) is 104 Å². The van der Waals surface area contributed by atoms with Crippen LogP contribution in [0.5, 0.6) is 11.5 Å². The van der Waals surface area contributed by atoms with Gasteiger partial charge in [0.25, 0.3) is 8.32 Å². The zero-order valence-corrected chi connectivity index (χ0v) is 28.8. The lowest BCUT2D eigenvalue weighted by Gasteiger charge is -2.42. The summed E-state index contributed by atoms with van der Waals surface area (Å²) in [6.07, 6.45) is 0.272. The fourth-order valence-electron chi connectivity index (χ4n) is 5.28. The molecule has 2 amide bonds. The van der Waals surface area contributed by atoms with Gasteiger partial charge in [-0.05, 0) is 83.0 Å². The maximum Gasteiger partial charge on any atom is 0.407 e. The van der Waals surface area contributed by atoms with Gasteiger partial charge in [-0.25, -0.2) is 4.79 Å². The molecule has 2 N–H and O–H groups in total. The van der Waals surface area contributed by atoms with E-state index in [1.54, 1.807) is 20.8 Å². The number of ether oxygens (including phenoxy) is 2. The van der Waals surface area contributed by atoms with Crippen LogP contribution in [0.15, 0.2) is 46.9 Å². The van der Waals surface area contributed by atoms with Gasteiger partial charge >= 0.3 is 6.09 Å². The second kappa shape index (κ2) is 15.6. The van der Waals surface area contributed by atoms with E-state index in [2.05, 4.69) is 74.2 Å². The van der Waals surface area contributed by atoms with Gasteiger partial charge in [0.05, 0.1) is 4.47 Å². The van der Waals surface area contributed by atoms with Gasteiger partial charge in [0.2, 0.25) is 5.91 Å². The largest absolute Gasteiger partial charge is 0.540 e. The quantitative estimate of drug-likeness (QED) is 0.202. The molecule has 0 aliphatic heterocycles. The molecule has 2 aromatic rings. The summed E-state index contributed by atoms with van der Waals surface area (Å²) in [4.78, 5) is 24.2. The minimum atomic E-state index is -2.26. The Morgan fingerprint density at radius 1 is 0.878 bits per heavy atom. The minimum Gasteiger partial charge on any atom is -0.540 e. The fourth-order valence-corrected chi connectivity index (χ4v) is 11.1. The summed E-state index contributed by atoms with van der Waals surface area (Å²) in [5.74, 6) is 1.32. The Morgan fingerprint density at radius 2 is 1.49 bits per heavy atom. The number of alkyl carbamates (subject to hydrolysis) is 1. The number of halogens is 1. The SMILES string of the molecule is CC(C)[Si](Oc1cc(CCNC(=O)CCNC(=O)OC(C)(C)C)cc(Br)c1OCc1ccccc1)(C(C)C)C(C)C. The van der Waals surface area contributed by atoms with E-state index >= 15 is 0 Å². The Hall–Kier alpha value is -2.52. The highest BCUT2D eigenvalue weighted by atomic mass is 79.9. The molecule has 0 aliphatic rings. The third-order valence-corrected chi connectivity index (χ3v) is 13.6. The predicted molar refractivity (Wildman–Crippen MR) is 172 cm³/mol. The normalized spacial score (nSPS) is 12.0. The topological polar surface area (TPSA) is 85.9 Å². The van der Waals surface area contributed by atoms with Gasteiger partial charge in [-0.3, -0.25) is 4.79 Å². The highest BCUT2D eigenvalue weighted by Crippen LogP contribution is 2.47. The van der Waals surface area contributed by atoms with Gasteiger partial charge in [-0.1, -0.05) is 71.9 Å². The molecule has 0 spiro atoms. The van der Waals surface area contributed by atoms with Gasteiger partial charge in [0.1, 0.15) is 18.0 Å². The fraction of sp³-hybridized carbons (Fsp3) is 0.562. The molecular formula is C32H49BrN2O5Si. The number of hydrogen-bond donors (Lipinski definition) is 2. The lowest BCUT2D eigenvalue weighted by Crippen LogP contribution is -2.50. The van der Waals surface area contributed by atoms with Crippen LogP contribution >= 0.6 is 15.9 Å². The highest BCUT2D eigenvalue weighted by Gasteiger charge is 2.47. The third kappa shape index (κ3) is 10.7. The average Bonchev–Trinajstić information content (AvgIpc) is 2.85. The second-order valence-corrected chi connectivity index (χ2v) is 18.6. The van der Waals surface area contributed by atoms with Gasteiger partial charge in [-0.2, -0.15) is 0 Å². The first-order valence-electron chi connectivity index (χ1n) is 14.6. The molecule has 2 aromatic carbocycles. The molecule has 0 aromatic heterocycles. The number of carbonyl (C=O) groups excluding carboxylic acids is 2. The smallest absolute Gasteiger partial charge is 0.407 e. The Morgan fingerprint density at radius 3 is 2.05 bits per heavy atom. The highest BCUT2D eigenvalue weighted by molar-refractivity contribution is 9.10. The number of hydrogen-bond acceptors (Lipinski definition) is 5. The van der Waals surface area contributed by atoms with Gasteiger partial charge in [-0.15, -0.1) is 0 Å². The molecule has 41 heavy (non-hydrogen) atoms. The van der Waals surface area contributed by atoms with E-state index in [-0.39, 0.29) is 18.9 Å². The van der Waals surface area contributed by atoms with E-state index in [4.69, 9.17) is 13.9 Å². The molecule has 2 rings (SSSR count). The molecule has 0 unspecified atom stereocenters. The van der Waals surface area contributed by atoms with Crippen molar-refractivity contribution in [3.05, 3.63) is 58.1 Å². The van der Waals surface area contributed by atoms with Crippen molar-refractivity contribution >= 4 is 36.2 Å². The summed E-state index contributed by atoms with van der Waals surface area (Å²) in [5.41, 5.74) is 2.75. The summed E-state index contributed by atoms with van der Waals surface area (Å²) >= 11 is 3.75. The Labute approximate surface area is 256 Å². The molecule has 0 bridgehead atoms. The maximum absolute atomic E-state index is 12.4. The number of rotatable bonds is 14. The van der Waals surface area contributed by atoms with Crippen molar-refractivity contribution in [1.82, 2.24) is 10.6 Å². The molecule has 228 valence electrons. The summed E-state index contributed by atoms with van der Waals surface area (Å²) in [6, 6.07) is 14.2. The van der Waals surface area contributed by atoms with Crippen molar-refractivity contribution in [1.29, 1.82) is 0 Å².